The molecule has 0 radical (unpaired) electrons. The minimum Gasteiger partial charge on any atom is -0.477 e. The second kappa shape index (κ2) is 5.54. The molecular formula is C11H12N4O2S. The molecule has 0 bridgehead atoms. The lowest BCUT2D eigenvalue weighted by Crippen LogP contribution is -2.13. The van der Waals surface area contributed by atoms with Crippen molar-refractivity contribution in [3.63, 3.8) is 0 Å². The molecule has 0 spiro atoms. The molecule has 1 atom stereocenters. The molecule has 2 N–H and O–H groups in total. The third-order valence-corrected chi connectivity index (χ3v) is 3.23. The molecule has 0 aliphatic rings. The number of rotatable bonds is 5. The van der Waals surface area contributed by atoms with Crippen LogP contribution in [0.5, 0.6) is 0 Å². The van der Waals surface area contributed by atoms with E-state index in [0.29, 0.717) is 5.95 Å². The Morgan fingerprint density at radius 2 is 2.33 bits per heavy atom. The van der Waals surface area contributed by atoms with Crippen LogP contribution >= 0.6 is 11.3 Å². The van der Waals surface area contributed by atoms with Crippen molar-refractivity contribution >= 4 is 23.3 Å². The fourth-order valence-corrected chi connectivity index (χ4v) is 2.22. The summed E-state index contributed by atoms with van der Waals surface area (Å²) >= 11 is 1.54. The van der Waals surface area contributed by atoms with Crippen LogP contribution < -0.4 is 5.32 Å². The summed E-state index contributed by atoms with van der Waals surface area (Å²) in [5, 5.41) is 14.8. The molecule has 0 aliphatic heterocycles. The Balaban J connectivity index is 2.17. The lowest BCUT2D eigenvalue weighted by Gasteiger charge is -2.14. The van der Waals surface area contributed by atoms with Gasteiger partial charge >= 0.3 is 5.97 Å². The van der Waals surface area contributed by atoms with Crippen molar-refractivity contribution in [2.75, 3.05) is 5.32 Å². The molecular weight excluding hydrogens is 252 g/mol. The van der Waals surface area contributed by atoms with E-state index >= 15 is 0 Å². The molecule has 2 heterocycles. The van der Waals surface area contributed by atoms with Gasteiger partial charge in [-0.2, -0.15) is 0 Å². The number of carboxylic acids is 1. The maximum absolute atomic E-state index is 10.8. The molecule has 94 valence electrons. The van der Waals surface area contributed by atoms with Gasteiger partial charge in [0.25, 0.3) is 0 Å². The standard InChI is InChI=1S/C11H12N4O2S/c1-2-7(9-12-5-6-18-9)14-11-13-4-3-8(15-11)10(16)17/h3-7H,2H2,1H3,(H,16,17)(H,13,14,15). The van der Waals surface area contributed by atoms with Crippen LogP contribution in [0.3, 0.4) is 0 Å². The number of nitrogens with one attached hydrogen (secondary N) is 1. The van der Waals surface area contributed by atoms with E-state index in [1.807, 2.05) is 12.3 Å². The summed E-state index contributed by atoms with van der Waals surface area (Å²) in [6.07, 6.45) is 3.97. The number of nitrogens with zero attached hydrogens (tertiary/aromatic N) is 3. The van der Waals surface area contributed by atoms with Gasteiger partial charge in [-0.25, -0.2) is 19.7 Å². The average Bonchev–Trinajstić information content (AvgIpc) is 2.90. The van der Waals surface area contributed by atoms with Gasteiger partial charge < -0.3 is 10.4 Å². The quantitative estimate of drug-likeness (QED) is 0.860. The van der Waals surface area contributed by atoms with Gasteiger partial charge in [-0.1, -0.05) is 6.92 Å². The van der Waals surface area contributed by atoms with Crippen LogP contribution in [0, 0.1) is 0 Å². The predicted octanol–water partition coefficient (Wildman–Crippen LogP) is 2.19. The second-order valence-corrected chi connectivity index (χ2v) is 4.47. The zero-order valence-electron chi connectivity index (χ0n) is 9.70. The third-order valence-electron chi connectivity index (χ3n) is 2.34. The summed E-state index contributed by atoms with van der Waals surface area (Å²) in [5.74, 6) is -0.764. The Hall–Kier alpha value is -2.02. The van der Waals surface area contributed by atoms with E-state index in [4.69, 9.17) is 5.11 Å². The van der Waals surface area contributed by atoms with Crippen LogP contribution in [-0.4, -0.2) is 26.0 Å². The van der Waals surface area contributed by atoms with Crippen molar-refractivity contribution in [3.05, 3.63) is 34.5 Å². The van der Waals surface area contributed by atoms with Crippen LogP contribution in [0.2, 0.25) is 0 Å². The first-order chi connectivity index (χ1) is 8.70. The van der Waals surface area contributed by atoms with Gasteiger partial charge in [0, 0.05) is 17.8 Å². The molecule has 0 saturated carbocycles. The van der Waals surface area contributed by atoms with E-state index in [1.54, 1.807) is 6.20 Å². The molecule has 1 unspecified atom stereocenters. The highest BCUT2D eigenvalue weighted by Crippen LogP contribution is 2.22. The lowest BCUT2D eigenvalue weighted by atomic mass is 10.2. The minimum absolute atomic E-state index is 0.00551. The monoisotopic (exact) mass is 264 g/mol. The van der Waals surface area contributed by atoms with E-state index in [-0.39, 0.29) is 11.7 Å². The fraction of sp³-hybridized carbons (Fsp3) is 0.273. The van der Waals surface area contributed by atoms with Crippen molar-refractivity contribution in [1.82, 2.24) is 15.0 Å². The van der Waals surface area contributed by atoms with Crippen molar-refractivity contribution in [2.45, 2.75) is 19.4 Å². The number of aromatic nitrogens is 3. The van der Waals surface area contributed by atoms with Gasteiger partial charge in [0.1, 0.15) is 5.01 Å². The number of hydrogen-bond acceptors (Lipinski definition) is 6. The SMILES string of the molecule is CCC(Nc1nccc(C(=O)O)n1)c1nccs1. The summed E-state index contributed by atoms with van der Waals surface area (Å²) in [7, 11) is 0. The fourth-order valence-electron chi connectivity index (χ4n) is 1.45. The highest BCUT2D eigenvalue weighted by Gasteiger charge is 2.14. The number of hydrogen-bond donors (Lipinski definition) is 2. The van der Waals surface area contributed by atoms with E-state index in [0.717, 1.165) is 11.4 Å². The molecule has 2 rings (SSSR count). The maximum Gasteiger partial charge on any atom is 0.354 e. The third kappa shape index (κ3) is 2.80. The molecule has 18 heavy (non-hydrogen) atoms. The summed E-state index contributed by atoms with van der Waals surface area (Å²) in [6.45, 7) is 2.01. The Labute approximate surface area is 108 Å². The first-order valence-corrected chi connectivity index (χ1v) is 6.31. The normalized spacial score (nSPS) is 12.1. The molecule has 7 heteroatoms. The summed E-state index contributed by atoms with van der Waals surface area (Å²) in [6, 6.07) is 1.35. The van der Waals surface area contributed by atoms with Crippen LogP contribution in [0.15, 0.2) is 23.8 Å². The Morgan fingerprint density at radius 3 is 2.94 bits per heavy atom. The number of thiazole rings is 1. The van der Waals surface area contributed by atoms with Crippen molar-refractivity contribution < 1.29 is 9.90 Å². The van der Waals surface area contributed by atoms with Crippen molar-refractivity contribution in [3.8, 4) is 0 Å². The highest BCUT2D eigenvalue weighted by molar-refractivity contribution is 7.09. The predicted molar refractivity (Wildman–Crippen MR) is 67.8 cm³/mol. The topological polar surface area (TPSA) is 88.0 Å². The van der Waals surface area contributed by atoms with E-state index in [2.05, 4.69) is 20.3 Å². The molecule has 6 nitrogen and oxygen atoms in total. The molecule has 0 saturated heterocycles. The zero-order chi connectivity index (χ0) is 13.0. The van der Waals surface area contributed by atoms with Crippen molar-refractivity contribution in [2.24, 2.45) is 0 Å². The number of anilines is 1. The first-order valence-electron chi connectivity index (χ1n) is 5.43. The Morgan fingerprint density at radius 1 is 1.50 bits per heavy atom. The summed E-state index contributed by atoms with van der Waals surface area (Å²) in [4.78, 5) is 23.0. The molecule has 2 aromatic rings. The van der Waals surface area contributed by atoms with Crippen LogP contribution in [-0.2, 0) is 0 Å². The first kappa shape index (κ1) is 12.4. The zero-order valence-corrected chi connectivity index (χ0v) is 10.5. The van der Waals surface area contributed by atoms with Gasteiger partial charge in [-0.05, 0) is 12.5 Å². The van der Waals surface area contributed by atoms with E-state index < -0.39 is 5.97 Å². The van der Waals surface area contributed by atoms with Gasteiger partial charge in [0.05, 0.1) is 6.04 Å². The van der Waals surface area contributed by atoms with Gasteiger partial charge in [-0.15, -0.1) is 11.3 Å². The molecule has 0 aliphatic carbocycles. The average molecular weight is 264 g/mol. The highest BCUT2D eigenvalue weighted by atomic mass is 32.1. The largest absolute Gasteiger partial charge is 0.477 e. The van der Waals surface area contributed by atoms with Crippen LogP contribution in [0.25, 0.3) is 0 Å². The van der Waals surface area contributed by atoms with Crippen LogP contribution in [0.1, 0.15) is 34.9 Å². The van der Waals surface area contributed by atoms with Gasteiger partial charge in [0.15, 0.2) is 5.69 Å². The summed E-state index contributed by atoms with van der Waals surface area (Å²) in [5.41, 5.74) is -0.0264. The van der Waals surface area contributed by atoms with Crippen LogP contribution in [0.4, 0.5) is 5.95 Å². The number of aromatic carboxylic acids is 1. The minimum atomic E-state index is -1.07. The molecule has 0 aromatic carbocycles. The maximum atomic E-state index is 10.8. The van der Waals surface area contributed by atoms with E-state index in [9.17, 15) is 4.79 Å². The smallest absolute Gasteiger partial charge is 0.354 e. The lowest BCUT2D eigenvalue weighted by molar-refractivity contribution is 0.0690. The molecule has 0 amide bonds. The number of carbonyl (C=O) groups is 1. The summed E-state index contributed by atoms with van der Waals surface area (Å²) < 4.78 is 0. The molecule has 2 aromatic heterocycles. The molecule has 0 fully saturated rings. The van der Waals surface area contributed by atoms with Gasteiger partial charge in [-0.3, -0.25) is 0 Å². The second-order valence-electron chi connectivity index (χ2n) is 3.55. The Kier molecular flexibility index (Phi) is 3.83. The van der Waals surface area contributed by atoms with Gasteiger partial charge in [0.2, 0.25) is 5.95 Å². The number of carboxylic acid groups (broad SMARTS) is 1. The van der Waals surface area contributed by atoms with E-state index in [1.165, 1.54) is 23.6 Å². The Bertz CT molecular complexity index is 530. The van der Waals surface area contributed by atoms with Crippen molar-refractivity contribution in [1.29, 1.82) is 0 Å².